The highest BCUT2D eigenvalue weighted by atomic mass is 15.1. The Balaban J connectivity index is 2.14. The molecule has 5 nitrogen and oxygen atoms in total. The quantitative estimate of drug-likeness (QED) is 0.663. The summed E-state index contributed by atoms with van der Waals surface area (Å²) in [5.41, 5.74) is 9.14. The van der Waals surface area contributed by atoms with E-state index in [1.807, 2.05) is 24.3 Å². The first kappa shape index (κ1) is 9.77. The van der Waals surface area contributed by atoms with E-state index >= 15 is 0 Å². The average molecular weight is 225 g/mol. The summed E-state index contributed by atoms with van der Waals surface area (Å²) in [7, 11) is 0. The van der Waals surface area contributed by atoms with Crippen molar-refractivity contribution in [3.8, 4) is 11.4 Å². The van der Waals surface area contributed by atoms with Gasteiger partial charge in [-0.3, -0.25) is 0 Å². The van der Waals surface area contributed by atoms with E-state index in [1.165, 1.54) is 5.56 Å². The SMILES string of the molecule is Cc1ccc(-c2nc3cnc(N)nc3[nH]2)cc1. The molecule has 2 heterocycles. The Morgan fingerprint density at radius 3 is 2.65 bits per heavy atom. The molecule has 5 heteroatoms. The number of nitrogens with zero attached hydrogens (tertiary/aromatic N) is 3. The lowest BCUT2D eigenvalue weighted by Crippen LogP contribution is -1.93. The molecule has 1 aromatic carbocycles. The fourth-order valence-corrected chi connectivity index (χ4v) is 1.67. The van der Waals surface area contributed by atoms with Gasteiger partial charge in [0.2, 0.25) is 5.95 Å². The zero-order chi connectivity index (χ0) is 11.8. The van der Waals surface area contributed by atoms with E-state index in [0.29, 0.717) is 5.65 Å². The molecule has 0 fully saturated rings. The molecular weight excluding hydrogens is 214 g/mol. The van der Waals surface area contributed by atoms with Crippen LogP contribution in [0.4, 0.5) is 5.95 Å². The van der Waals surface area contributed by atoms with Crippen molar-refractivity contribution in [2.75, 3.05) is 5.73 Å². The van der Waals surface area contributed by atoms with Crippen LogP contribution in [0.25, 0.3) is 22.6 Å². The maximum Gasteiger partial charge on any atom is 0.222 e. The van der Waals surface area contributed by atoms with E-state index in [1.54, 1.807) is 6.20 Å². The van der Waals surface area contributed by atoms with Crippen LogP contribution in [0.15, 0.2) is 30.5 Å². The van der Waals surface area contributed by atoms with Gasteiger partial charge in [-0.1, -0.05) is 29.8 Å². The van der Waals surface area contributed by atoms with E-state index in [4.69, 9.17) is 5.73 Å². The number of fused-ring (bicyclic) bond motifs is 1. The fourth-order valence-electron chi connectivity index (χ4n) is 1.67. The Morgan fingerprint density at radius 2 is 1.88 bits per heavy atom. The first-order valence-corrected chi connectivity index (χ1v) is 5.27. The largest absolute Gasteiger partial charge is 0.368 e. The van der Waals surface area contributed by atoms with Crippen LogP contribution in [0.2, 0.25) is 0 Å². The molecule has 2 aromatic heterocycles. The van der Waals surface area contributed by atoms with Gasteiger partial charge in [0.25, 0.3) is 0 Å². The number of rotatable bonds is 1. The molecule has 0 spiro atoms. The average Bonchev–Trinajstić information content (AvgIpc) is 2.72. The number of aromatic amines is 1. The van der Waals surface area contributed by atoms with E-state index in [0.717, 1.165) is 16.9 Å². The van der Waals surface area contributed by atoms with Crippen LogP contribution in [0.3, 0.4) is 0 Å². The molecule has 84 valence electrons. The maximum atomic E-state index is 5.52. The van der Waals surface area contributed by atoms with Crippen LogP contribution >= 0.6 is 0 Å². The molecule has 0 bridgehead atoms. The summed E-state index contributed by atoms with van der Waals surface area (Å²) in [5, 5.41) is 0. The summed E-state index contributed by atoms with van der Waals surface area (Å²) >= 11 is 0. The Bertz CT molecular complexity index is 669. The van der Waals surface area contributed by atoms with Gasteiger partial charge in [0, 0.05) is 5.56 Å². The molecule has 17 heavy (non-hydrogen) atoms. The van der Waals surface area contributed by atoms with E-state index in [9.17, 15) is 0 Å². The number of benzene rings is 1. The van der Waals surface area contributed by atoms with Crippen LogP contribution in [-0.4, -0.2) is 19.9 Å². The highest BCUT2D eigenvalue weighted by Crippen LogP contribution is 2.19. The molecule has 3 aromatic rings. The number of hydrogen-bond donors (Lipinski definition) is 2. The maximum absolute atomic E-state index is 5.52. The van der Waals surface area contributed by atoms with E-state index in [2.05, 4.69) is 26.9 Å². The number of anilines is 1. The van der Waals surface area contributed by atoms with Crippen molar-refractivity contribution in [2.45, 2.75) is 6.92 Å². The van der Waals surface area contributed by atoms with Gasteiger partial charge in [-0.2, -0.15) is 4.98 Å². The van der Waals surface area contributed by atoms with Crippen LogP contribution in [0.1, 0.15) is 5.56 Å². The summed E-state index contributed by atoms with van der Waals surface area (Å²) in [4.78, 5) is 15.5. The normalized spacial score (nSPS) is 10.9. The third kappa shape index (κ3) is 1.71. The van der Waals surface area contributed by atoms with Crippen molar-refractivity contribution in [3.63, 3.8) is 0 Å². The molecule has 0 atom stereocenters. The zero-order valence-electron chi connectivity index (χ0n) is 9.31. The lowest BCUT2D eigenvalue weighted by Gasteiger charge is -1.96. The standard InChI is InChI=1S/C12H11N5/c1-7-2-4-8(5-3-7)10-15-9-6-14-12(13)17-11(9)16-10/h2-6H,1H3,(H3,13,14,15,16,17). The van der Waals surface area contributed by atoms with Gasteiger partial charge in [0.05, 0.1) is 6.20 Å². The second kappa shape index (κ2) is 3.55. The molecule has 3 rings (SSSR count). The Morgan fingerprint density at radius 1 is 1.12 bits per heavy atom. The topological polar surface area (TPSA) is 80.5 Å². The summed E-state index contributed by atoms with van der Waals surface area (Å²) in [6.07, 6.45) is 1.62. The highest BCUT2D eigenvalue weighted by molar-refractivity contribution is 5.75. The third-order valence-corrected chi connectivity index (χ3v) is 2.58. The number of nitrogens with one attached hydrogen (secondary N) is 1. The van der Waals surface area contributed by atoms with E-state index in [-0.39, 0.29) is 5.95 Å². The molecule has 0 unspecified atom stereocenters. The van der Waals surface area contributed by atoms with Crippen molar-refractivity contribution < 1.29 is 0 Å². The smallest absolute Gasteiger partial charge is 0.222 e. The number of aryl methyl sites for hydroxylation is 1. The predicted molar refractivity (Wildman–Crippen MR) is 66.3 cm³/mol. The summed E-state index contributed by atoms with van der Waals surface area (Å²) < 4.78 is 0. The molecular formula is C12H11N5. The molecule has 0 radical (unpaired) electrons. The first-order chi connectivity index (χ1) is 8.22. The van der Waals surface area contributed by atoms with Crippen molar-refractivity contribution in [3.05, 3.63) is 36.0 Å². The summed E-state index contributed by atoms with van der Waals surface area (Å²) in [5.74, 6) is 1.02. The fraction of sp³-hybridized carbons (Fsp3) is 0.0833. The van der Waals surface area contributed by atoms with Crippen molar-refractivity contribution in [1.82, 2.24) is 19.9 Å². The first-order valence-electron chi connectivity index (χ1n) is 5.27. The lowest BCUT2D eigenvalue weighted by molar-refractivity contribution is 1.22. The van der Waals surface area contributed by atoms with Gasteiger partial charge in [0.15, 0.2) is 5.65 Å². The minimum atomic E-state index is 0.247. The molecule has 3 N–H and O–H groups in total. The molecule has 0 aliphatic heterocycles. The second-order valence-corrected chi connectivity index (χ2v) is 3.91. The second-order valence-electron chi connectivity index (χ2n) is 3.91. The number of nitrogens with two attached hydrogens (primary N) is 1. The van der Waals surface area contributed by atoms with Crippen LogP contribution in [0.5, 0.6) is 0 Å². The van der Waals surface area contributed by atoms with Crippen LogP contribution in [-0.2, 0) is 0 Å². The van der Waals surface area contributed by atoms with Gasteiger partial charge in [-0.05, 0) is 6.92 Å². The molecule has 0 aliphatic carbocycles. The van der Waals surface area contributed by atoms with Gasteiger partial charge in [-0.15, -0.1) is 0 Å². The highest BCUT2D eigenvalue weighted by Gasteiger charge is 2.06. The van der Waals surface area contributed by atoms with Crippen LogP contribution in [0, 0.1) is 6.92 Å². The van der Waals surface area contributed by atoms with Gasteiger partial charge < -0.3 is 10.7 Å². The van der Waals surface area contributed by atoms with Crippen molar-refractivity contribution >= 4 is 17.1 Å². The molecule has 0 amide bonds. The number of aromatic nitrogens is 4. The molecule has 0 saturated carbocycles. The van der Waals surface area contributed by atoms with Crippen LogP contribution < -0.4 is 5.73 Å². The lowest BCUT2D eigenvalue weighted by atomic mass is 10.1. The Kier molecular flexibility index (Phi) is 2.04. The third-order valence-electron chi connectivity index (χ3n) is 2.58. The summed E-state index contributed by atoms with van der Waals surface area (Å²) in [6.45, 7) is 2.05. The monoisotopic (exact) mass is 225 g/mol. The number of hydrogen-bond acceptors (Lipinski definition) is 4. The zero-order valence-corrected chi connectivity index (χ0v) is 9.31. The summed E-state index contributed by atoms with van der Waals surface area (Å²) in [6, 6.07) is 8.12. The minimum Gasteiger partial charge on any atom is -0.368 e. The van der Waals surface area contributed by atoms with Gasteiger partial charge in [-0.25, -0.2) is 9.97 Å². The van der Waals surface area contributed by atoms with Gasteiger partial charge in [0.1, 0.15) is 11.3 Å². The Hall–Kier alpha value is -2.43. The Labute approximate surface area is 97.7 Å². The number of H-pyrrole nitrogens is 1. The van der Waals surface area contributed by atoms with Crippen molar-refractivity contribution in [2.24, 2.45) is 0 Å². The van der Waals surface area contributed by atoms with Crippen molar-refractivity contribution in [1.29, 1.82) is 0 Å². The minimum absolute atomic E-state index is 0.247. The molecule has 0 aliphatic rings. The molecule has 0 saturated heterocycles. The van der Waals surface area contributed by atoms with Gasteiger partial charge >= 0.3 is 0 Å². The predicted octanol–water partition coefficient (Wildman–Crippen LogP) is 1.91. The van der Waals surface area contributed by atoms with E-state index < -0.39 is 0 Å². The number of imidazole rings is 1. The number of nitrogen functional groups attached to an aromatic ring is 1.